The van der Waals surface area contributed by atoms with Crippen LogP contribution in [0.15, 0.2) is 46.1 Å². The van der Waals surface area contributed by atoms with Gasteiger partial charge >= 0.3 is 4.87 Å². The van der Waals surface area contributed by atoms with Crippen molar-refractivity contribution in [3.63, 3.8) is 0 Å². The van der Waals surface area contributed by atoms with Crippen LogP contribution in [0, 0.1) is 0 Å². The van der Waals surface area contributed by atoms with Crippen LogP contribution in [0.1, 0.15) is 17.3 Å². The van der Waals surface area contributed by atoms with E-state index in [9.17, 15) is 18.0 Å². The van der Waals surface area contributed by atoms with Crippen molar-refractivity contribution in [2.75, 3.05) is 38.1 Å². The first kappa shape index (κ1) is 22.3. The van der Waals surface area contributed by atoms with Crippen LogP contribution in [0.4, 0.5) is 5.69 Å². The first-order valence-electron chi connectivity index (χ1n) is 10.1. The molecule has 1 aliphatic heterocycles. The van der Waals surface area contributed by atoms with E-state index in [-0.39, 0.29) is 21.2 Å². The summed E-state index contributed by atoms with van der Waals surface area (Å²) < 4.78 is 41.5. The monoisotopic (exact) mass is 477 g/mol. The maximum atomic E-state index is 13.1. The van der Waals surface area contributed by atoms with Crippen molar-refractivity contribution in [2.45, 2.75) is 18.4 Å². The number of thiazole rings is 1. The van der Waals surface area contributed by atoms with Gasteiger partial charge in [0.05, 0.1) is 46.7 Å². The molecule has 9 nitrogen and oxygen atoms in total. The molecule has 1 saturated heterocycles. The molecule has 3 aromatic rings. The Labute approximate surface area is 189 Å². The third-order valence-electron chi connectivity index (χ3n) is 5.25. The second-order valence-corrected chi connectivity index (χ2v) is 9.84. The molecule has 2 aromatic carbocycles. The zero-order valence-electron chi connectivity index (χ0n) is 17.7. The van der Waals surface area contributed by atoms with Crippen molar-refractivity contribution in [3.05, 3.63) is 51.6 Å². The van der Waals surface area contributed by atoms with E-state index >= 15 is 0 Å². The minimum atomic E-state index is -3.98. The number of aromatic nitrogens is 1. The number of rotatable bonds is 6. The predicted molar refractivity (Wildman–Crippen MR) is 122 cm³/mol. The van der Waals surface area contributed by atoms with Crippen molar-refractivity contribution in [1.82, 2.24) is 9.47 Å². The van der Waals surface area contributed by atoms with Crippen molar-refractivity contribution >= 4 is 43.2 Å². The molecular formula is C21H23N3O6S2. The second kappa shape index (κ2) is 8.93. The van der Waals surface area contributed by atoms with Gasteiger partial charge in [-0.1, -0.05) is 11.3 Å². The van der Waals surface area contributed by atoms with E-state index < -0.39 is 10.0 Å². The van der Waals surface area contributed by atoms with Crippen LogP contribution in [-0.4, -0.2) is 57.2 Å². The van der Waals surface area contributed by atoms with Crippen LogP contribution in [0.2, 0.25) is 0 Å². The van der Waals surface area contributed by atoms with Gasteiger partial charge in [-0.15, -0.1) is 0 Å². The molecule has 170 valence electrons. The molecule has 0 spiro atoms. The van der Waals surface area contributed by atoms with E-state index in [1.165, 1.54) is 25.3 Å². The summed E-state index contributed by atoms with van der Waals surface area (Å²) in [5.41, 5.74) is 1.26. The Bertz CT molecular complexity index is 1320. The molecule has 4 rings (SSSR count). The summed E-state index contributed by atoms with van der Waals surface area (Å²) in [6.45, 7) is 4.14. The summed E-state index contributed by atoms with van der Waals surface area (Å²) in [5.74, 6) is -0.0122. The lowest BCUT2D eigenvalue weighted by Crippen LogP contribution is -2.40. The van der Waals surface area contributed by atoms with Gasteiger partial charge in [0.15, 0.2) is 0 Å². The van der Waals surface area contributed by atoms with Crippen LogP contribution in [0.25, 0.3) is 10.2 Å². The quantitative estimate of drug-likeness (QED) is 0.584. The Kier molecular flexibility index (Phi) is 6.22. The summed E-state index contributed by atoms with van der Waals surface area (Å²) in [5, 5.41) is 0. The highest BCUT2D eigenvalue weighted by Gasteiger charge is 2.25. The maximum absolute atomic E-state index is 13.1. The number of benzene rings is 2. The van der Waals surface area contributed by atoms with Crippen LogP contribution < -0.4 is 14.3 Å². The molecule has 11 heteroatoms. The van der Waals surface area contributed by atoms with E-state index in [0.29, 0.717) is 49.0 Å². The fourth-order valence-corrected chi connectivity index (χ4v) is 5.67. The number of methoxy groups -OCH3 is 1. The fraction of sp³-hybridized carbons (Fsp3) is 0.333. The average Bonchev–Trinajstić information content (AvgIpc) is 3.12. The number of amides is 1. The Balaban J connectivity index is 1.65. The Morgan fingerprint density at radius 3 is 2.62 bits per heavy atom. The van der Waals surface area contributed by atoms with Gasteiger partial charge in [-0.05, 0) is 43.3 Å². The number of anilines is 1. The second-order valence-electron chi connectivity index (χ2n) is 7.17. The molecule has 0 saturated carbocycles. The smallest absolute Gasteiger partial charge is 0.308 e. The molecule has 1 aliphatic rings. The number of aryl methyl sites for hydroxylation is 1. The lowest BCUT2D eigenvalue weighted by atomic mass is 10.1. The number of ether oxygens (including phenoxy) is 2. The molecule has 1 fully saturated rings. The summed E-state index contributed by atoms with van der Waals surface area (Å²) >= 11 is 1.06. The summed E-state index contributed by atoms with van der Waals surface area (Å²) in [6, 6.07) is 9.15. The lowest BCUT2D eigenvalue weighted by Gasteiger charge is -2.27. The van der Waals surface area contributed by atoms with E-state index in [0.717, 1.165) is 16.9 Å². The van der Waals surface area contributed by atoms with Gasteiger partial charge in [-0.25, -0.2) is 8.42 Å². The summed E-state index contributed by atoms with van der Waals surface area (Å²) in [4.78, 5) is 26.5. The molecule has 1 amide bonds. The predicted octanol–water partition coefficient (Wildman–Crippen LogP) is 2.36. The van der Waals surface area contributed by atoms with E-state index in [1.807, 2.05) is 6.92 Å². The van der Waals surface area contributed by atoms with E-state index in [2.05, 4.69) is 4.72 Å². The minimum Gasteiger partial charge on any atom is -0.496 e. The molecule has 0 radical (unpaired) electrons. The van der Waals surface area contributed by atoms with Gasteiger partial charge in [-0.3, -0.25) is 18.9 Å². The third-order valence-corrected chi connectivity index (χ3v) is 7.57. The molecule has 0 atom stereocenters. The zero-order chi connectivity index (χ0) is 22.9. The van der Waals surface area contributed by atoms with Gasteiger partial charge in [-0.2, -0.15) is 0 Å². The van der Waals surface area contributed by atoms with Crippen molar-refractivity contribution in [2.24, 2.45) is 0 Å². The highest BCUT2D eigenvalue weighted by molar-refractivity contribution is 7.92. The van der Waals surface area contributed by atoms with Crippen molar-refractivity contribution in [1.29, 1.82) is 0 Å². The maximum Gasteiger partial charge on any atom is 0.308 e. The third kappa shape index (κ3) is 4.23. The van der Waals surface area contributed by atoms with Gasteiger partial charge in [0.25, 0.3) is 15.9 Å². The van der Waals surface area contributed by atoms with Crippen LogP contribution in [-0.2, 0) is 21.3 Å². The number of fused-ring (bicyclic) bond motifs is 1. The van der Waals surface area contributed by atoms with E-state index in [1.54, 1.807) is 27.7 Å². The molecule has 32 heavy (non-hydrogen) atoms. The standard InChI is InChI=1S/C21H23N3O6S2/c1-3-24-17-6-4-14(12-19(17)31-21(24)26)22-32(27,28)15-5-7-18(29-2)16(13-15)20(25)23-8-10-30-11-9-23/h4-7,12-13,22H,3,8-11H2,1-2H3. The summed E-state index contributed by atoms with van der Waals surface area (Å²) in [6.07, 6.45) is 0. The Hall–Kier alpha value is -2.89. The van der Waals surface area contributed by atoms with Crippen LogP contribution in [0.3, 0.4) is 0 Å². The average molecular weight is 478 g/mol. The number of carbonyl (C=O) groups excluding carboxylic acids is 1. The van der Waals surface area contributed by atoms with Gasteiger partial charge in [0.1, 0.15) is 5.75 Å². The number of hydrogen-bond donors (Lipinski definition) is 1. The first-order chi connectivity index (χ1) is 15.3. The largest absolute Gasteiger partial charge is 0.496 e. The van der Waals surface area contributed by atoms with Gasteiger partial charge in [0, 0.05) is 19.6 Å². The molecule has 0 bridgehead atoms. The van der Waals surface area contributed by atoms with E-state index in [4.69, 9.17) is 9.47 Å². The molecular weight excluding hydrogens is 454 g/mol. The van der Waals surface area contributed by atoms with Crippen LogP contribution in [0.5, 0.6) is 5.75 Å². The topological polar surface area (TPSA) is 107 Å². The highest BCUT2D eigenvalue weighted by atomic mass is 32.2. The molecule has 0 aliphatic carbocycles. The number of carbonyl (C=O) groups is 1. The Morgan fingerprint density at radius 2 is 1.94 bits per heavy atom. The fourth-order valence-electron chi connectivity index (χ4n) is 3.60. The van der Waals surface area contributed by atoms with Crippen molar-refractivity contribution in [3.8, 4) is 5.75 Å². The SMILES string of the molecule is CCn1c(=O)sc2cc(NS(=O)(=O)c3ccc(OC)c(C(=O)N4CCOCC4)c3)ccc21. The van der Waals surface area contributed by atoms with Crippen LogP contribution >= 0.6 is 11.3 Å². The minimum absolute atomic E-state index is 0.0608. The number of nitrogens with zero attached hydrogens (tertiary/aromatic N) is 2. The number of morpholine rings is 1. The number of nitrogens with one attached hydrogen (secondary N) is 1. The Morgan fingerprint density at radius 1 is 1.19 bits per heavy atom. The number of hydrogen-bond acceptors (Lipinski definition) is 7. The zero-order valence-corrected chi connectivity index (χ0v) is 19.3. The summed E-state index contributed by atoms with van der Waals surface area (Å²) in [7, 11) is -2.55. The lowest BCUT2D eigenvalue weighted by molar-refractivity contribution is 0.0300. The molecule has 1 N–H and O–H groups in total. The first-order valence-corrected chi connectivity index (χ1v) is 12.4. The van der Waals surface area contributed by atoms with Gasteiger partial charge < -0.3 is 14.4 Å². The highest BCUT2D eigenvalue weighted by Crippen LogP contribution is 2.27. The normalized spacial score (nSPS) is 14.5. The number of sulfonamides is 1. The molecule has 1 aromatic heterocycles. The molecule has 2 heterocycles. The van der Waals surface area contributed by atoms with Gasteiger partial charge in [0.2, 0.25) is 0 Å². The molecule has 0 unspecified atom stereocenters. The van der Waals surface area contributed by atoms with Crippen molar-refractivity contribution < 1.29 is 22.7 Å².